The Bertz CT molecular complexity index is 887. The molecular formula is C16H21N7O2S. The number of hydrogen-bond acceptors (Lipinski definition) is 7. The molecule has 1 aromatic heterocycles. The van der Waals surface area contributed by atoms with Crippen LogP contribution in [0.25, 0.3) is 5.57 Å². The highest BCUT2D eigenvalue weighted by molar-refractivity contribution is 7.89. The summed E-state index contributed by atoms with van der Waals surface area (Å²) in [5.74, 6) is 0.170. The third-order valence-electron chi connectivity index (χ3n) is 3.54. The second-order valence-corrected chi connectivity index (χ2v) is 7.94. The largest absolute Gasteiger partial charge is 0.360 e. The summed E-state index contributed by atoms with van der Waals surface area (Å²) in [5.41, 5.74) is 0.821. The van der Waals surface area contributed by atoms with Gasteiger partial charge in [0, 0.05) is 24.0 Å². The Morgan fingerprint density at radius 3 is 2.31 bits per heavy atom. The molecule has 0 unspecified atom stereocenters. The molecule has 0 saturated carbocycles. The smallest absolute Gasteiger partial charge is 0.243 e. The first kappa shape index (κ1) is 19.6. The summed E-state index contributed by atoms with van der Waals surface area (Å²) in [7, 11) is -3.58. The van der Waals surface area contributed by atoms with Crippen LogP contribution in [0, 0.1) is 11.3 Å². The van der Waals surface area contributed by atoms with Crippen molar-refractivity contribution in [3.63, 3.8) is 0 Å². The maximum atomic E-state index is 12.8. The van der Waals surface area contributed by atoms with Gasteiger partial charge in [-0.3, -0.25) is 0 Å². The summed E-state index contributed by atoms with van der Waals surface area (Å²) in [6.07, 6.45) is 1.43. The number of allylic oxidation sites excluding steroid dienone is 1. The molecule has 0 spiro atoms. The molecular weight excluding hydrogens is 354 g/mol. The van der Waals surface area contributed by atoms with Crippen molar-refractivity contribution < 1.29 is 8.42 Å². The number of H-pyrrole nitrogens is 1. The fourth-order valence-electron chi connectivity index (χ4n) is 2.57. The van der Waals surface area contributed by atoms with Crippen LogP contribution >= 0.6 is 0 Å². The lowest BCUT2D eigenvalue weighted by atomic mass is 10.3. The van der Waals surface area contributed by atoms with Crippen LogP contribution < -0.4 is 5.32 Å². The molecule has 0 aliphatic rings. The number of nitrogens with one attached hydrogen (secondary N) is 2. The number of anilines is 1. The van der Waals surface area contributed by atoms with Crippen molar-refractivity contribution in [1.82, 2.24) is 24.9 Å². The predicted octanol–water partition coefficient (Wildman–Crippen LogP) is 1.98. The number of nitriles is 1. The van der Waals surface area contributed by atoms with Gasteiger partial charge in [-0.05, 0) is 57.2 Å². The summed E-state index contributed by atoms with van der Waals surface area (Å²) in [5, 5.41) is 25.2. The van der Waals surface area contributed by atoms with Crippen LogP contribution in [-0.2, 0) is 10.0 Å². The maximum absolute atomic E-state index is 12.8. The van der Waals surface area contributed by atoms with Gasteiger partial charge in [0.25, 0.3) is 0 Å². The van der Waals surface area contributed by atoms with Gasteiger partial charge in [-0.25, -0.2) is 8.42 Å². The van der Waals surface area contributed by atoms with Gasteiger partial charge >= 0.3 is 0 Å². The normalized spacial score (nSPS) is 12.6. The third kappa shape index (κ3) is 4.25. The average molecular weight is 375 g/mol. The van der Waals surface area contributed by atoms with Crippen LogP contribution in [0.15, 0.2) is 35.4 Å². The number of aromatic amines is 1. The highest BCUT2D eigenvalue weighted by atomic mass is 32.2. The van der Waals surface area contributed by atoms with Gasteiger partial charge in [-0.1, -0.05) is 0 Å². The van der Waals surface area contributed by atoms with E-state index in [1.54, 1.807) is 12.1 Å². The fraction of sp³-hybridized carbons (Fsp3) is 0.375. The lowest BCUT2D eigenvalue weighted by Gasteiger charge is -2.29. The monoisotopic (exact) mass is 375 g/mol. The average Bonchev–Trinajstić information content (AvgIpc) is 3.09. The molecule has 0 aliphatic heterocycles. The minimum atomic E-state index is -3.58. The third-order valence-corrected chi connectivity index (χ3v) is 5.80. The Morgan fingerprint density at radius 2 is 1.85 bits per heavy atom. The molecule has 0 bridgehead atoms. The molecule has 0 radical (unpaired) electrons. The van der Waals surface area contributed by atoms with Gasteiger partial charge in [-0.15, -0.1) is 10.2 Å². The van der Waals surface area contributed by atoms with Crippen LogP contribution in [0.5, 0.6) is 0 Å². The predicted molar refractivity (Wildman–Crippen MR) is 97.1 cm³/mol. The zero-order valence-electron chi connectivity index (χ0n) is 15.0. The van der Waals surface area contributed by atoms with Gasteiger partial charge in [0.05, 0.1) is 4.90 Å². The van der Waals surface area contributed by atoms with Crippen molar-refractivity contribution >= 4 is 21.3 Å². The van der Waals surface area contributed by atoms with Gasteiger partial charge in [0.2, 0.25) is 15.8 Å². The highest BCUT2D eigenvalue weighted by Gasteiger charge is 2.29. The first-order valence-corrected chi connectivity index (χ1v) is 9.45. The molecule has 1 aromatic carbocycles. The molecule has 0 fully saturated rings. The Morgan fingerprint density at radius 1 is 1.23 bits per heavy atom. The number of sulfonamides is 1. The molecule has 0 aliphatic carbocycles. The summed E-state index contributed by atoms with van der Waals surface area (Å²) >= 11 is 0. The van der Waals surface area contributed by atoms with Crippen molar-refractivity contribution in [3.05, 3.63) is 36.3 Å². The first-order valence-electron chi connectivity index (χ1n) is 8.01. The lowest BCUT2D eigenvalue weighted by Crippen LogP contribution is -2.41. The van der Waals surface area contributed by atoms with E-state index in [9.17, 15) is 8.42 Å². The van der Waals surface area contributed by atoms with E-state index in [1.165, 1.54) is 22.6 Å². The summed E-state index contributed by atoms with van der Waals surface area (Å²) in [4.78, 5) is 0.216. The SMILES string of the molecule is CC(C)N(C(C)C)S(=O)(=O)c1ccc(NC=C(C#N)c2nn[nH]n2)cc1. The van der Waals surface area contributed by atoms with E-state index in [0.29, 0.717) is 5.69 Å². The Hall–Kier alpha value is -2.77. The van der Waals surface area contributed by atoms with Crippen LogP contribution in [0.2, 0.25) is 0 Å². The maximum Gasteiger partial charge on any atom is 0.243 e. The van der Waals surface area contributed by atoms with Crippen molar-refractivity contribution in [2.75, 3.05) is 5.32 Å². The number of aromatic nitrogens is 4. The molecule has 10 heteroatoms. The van der Waals surface area contributed by atoms with Crippen LogP contribution in [0.4, 0.5) is 5.69 Å². The number of benzene rings is 1. The zero-order chi connectivity index (χ0) is 19.3. The summed E-state index contributed by atoms with van der Waals surface area (Å²) in [6.45, 7) is 7.39. The van der Waals surface area contributed by atoms with Gasteiger partial charge < -0.3 is 5.32 Å². The molecule has 1 heterocycles. The van der Waals surface area contributed by atoms with Gasteiger partial charge in [-0.2, -0.15) is 14.8 Å². The van der Waals surface area contributed by atoms with Crippen LogP contribution in [-0.4, -0.2) is 45.4 Å². The molecule has 2 aromatic rings. The Labute approximate surface area is 152 Å². The van der Waals surface area contributed by atoms with E-state index >= 15 is 0 Å². The molecule has 138 valence electrons. The Balaban J connectivity index is 2.22. The van der Waals surface area contributed by atoms with Gasteiger partial charge in [0.1, 0.15) is 11.6 Å². The molecule has 2 N–H and O–H groups in total. The lowest BCUT2D eigenvalue weighted by molar-refractivity contribution is 0.302. The highest BCUT2D eigenvalue weighted by Crippen LogP contribution is 2.22. The number of nitrogens with zero attached hydrogens (tertiary/aromatic N) is 5. The van der Waals surface area contributed by atoms with Crippen molar-refractivity contribution in [2.45, 2.75) is 44.7 Å². The molecule has 2 rings (SSSR count). The summed E-state index contributed by atoms with van der Waals surface area (Å²) in [6, 6.07) is 8.00. The number of rotatable bonds is 7. The Kier molecular flexibility index (Phi) is 6.07. The second-order valence-electron chi connectivity index (χ2n) is 6.10. The van der Waals surface area contributed by atoms with Crippen molar-refractivity contribution in [2.24, 2.45) is 0 Å². The van der Waals surface area contributed by atoms with Crippen LogP contribution in [0.1, 0.15) is 33.5 Å². The van der Waals surface area contributed by atoms with E-state index in [4.69, 9.17) is 5.26 Å². The minimum absolute atomic E-state index is 0.145. The fourth-order valence-corrected chi connectivity index (χ4v) is 4.41. The van der Waals surface area contributed by atoms with Crippen LogP contribution in [0.3, 0.4) is 0 Å². The van der Waals surface area contributed by atoms with Crippen molar-refractivity contribution in [1.29, 1.82) is 5.26 Å². The van der Waals surface area contributed by atoms with E-state index in [1.807, 2.05) is 33.8 Å². The number of tetrazole rings is 1. The topological polar surface area (TPSA) is 128 Å². The van der Waals surface area contributed by atoms with E-state index in [-0.39, 0.29) is 28.4 Å². The zero-order valence-corrected chi connectivity index (χ0v) is 15.8. The van der Waals surface area contributed by atoms with E-state index < -0.39 is 10.0 Å². The summed E-state index contributed by atoms with van der Waals surface area (Å²) < 4.78 is 27.1. The molecule has 0 atom stereocenters. The molecule has 26 heavy (non-hydrogen) atoms. The number of hydrogen-bond donors (Lipinski definition) is 2. The molecule has 0 saturated heterocycles. The van der Waals surface area contributed by atoms with Crippen molar-refractivity contribution in [3.8, 4) is 6.07 Å². The quantitative estimate of drug-likeness (QED) is 0.708. The molecule has 9 nitrogen and oxygen atoms in total. The van der Waals surface area contributed by atoms with Gasteiger partial charge in [0.15, 0.2) is 0 Å². The minimum Gasteiger partial charge on any atom is -0.360 e. The van der Waals surface area contributed by atoms with E-state index in [0.717, 1.165) is 0 Å². The first-order chi connectivity index (χ1) is 12.3. The molecule has 0 amide bonds. The van der Waals surface area contributed by atoms with E-state index in [2.05, 4.69) is 25.9 Å². The second kappa shape index (κ2) is 8.07. The standard InChI is InChI=1S/C16H21N7O2S/c1-11(2)23(12(3)4)26(24,25)15-7-5-14(6-8-15)18-10-13(9-17)16-19-21-22-20-16/h5-8,10-12,18H,1-4H3,(H,19,20,21,22).